The summed E-state index contributed by atoms with van der Waals surface area (Å²) < 4.78 is 6.54. The molecule has 5 nitrogen and oxygen atoms in total. The van der Waals surface area contributed by atoms with E-state index >= 15 is 0 Å². The molecular weight excluding hydrogens is 416 g/mol. The summed E-state index contributed by atoms with van der Waals surface area (Å²) in [5.74, 6) is -0.956. The molecule has 22 heavy (non-hydrogen) atoms. The van der Waals surface area contributed by atoms with E-state index in [-0.39, 0.29) is 18.1 Å². The quantitative estimate of drug-likeness (QED) is 0.744. The third-order valence-electron chi connectivity index (χ3n) is 2.65. The lowest BCUT2D eigenvalue weighted by Gasteiger charge is -2.07. The first kappa shape index (κ1) is 16.6. The number of hydrogen-bond donors (Lipinski definition) is 1. The fraction of sp³-hybridized carbons (Fsp3) is 0.133. The number of ether oxygens (including phenoxy) is 1. The second-order valence-electron chi connectivity index (χ2n) is 4.37. The van der Waals surface area contributed by atoms with Crippen molar-refractivity contribution in [3.05, 3.63) is 62.8 Å². The van der Waals surface area contributed by atoms with Crippen molar-refractivity contribution in [3.63, 3.8) is 0 Å². The summed E-state index contributed by atoms with van der Waals surface area (Å²) in [6.07, 6.45) is 2.94. The highest BCUT2D eigenvalue weighted by Crippen LogP contribution is 2.12. The van der Waals surface area contributed by atoms with Crippen LogP contribution >= 0.6 is 31.9 Å². The second kappa shape index (κ2) is 8.05. The molecule has 0 spiro atoms. The molecule has 0 atom stereocenters. The number of carbonyl (C=O) groups is 2. The van der Waals surface area contributed by atoms with Gasteiger partial charge >= 0.3 is 5.97 Å². The molecule has 0 saturated heterocycles. The lowest BCUT2D eigenvalue weighted by atomic mass is 10.2. The zero-order chi connectivity index (χ0) is 15.9. The molecule has 1 amide bonds. The van der Waals surface area contributed by atoms with Crippen LogP contribution in [0.5, 0.6) is 0 Å². The van der Waals surface area contributed by atoms with Gasteiger partial charge in [-0.2, -0.15) is 0 Å². The van der Waals surface area contributed by atoms with Crippen LogP contribution in [0.25, 0.3) is 0 Å². The van der Waals surface area contributed by atoms with Gasteiger partial charge in [-0.05, 0) is 39.7 Å². The molecule has 2 aromatic rings. The topological polar surface area (TPSA) is 68.3 Å². The van der Waals surface area contributed by atoms with E-state index < -0.39 is 5.97 Å². The first-order valence-electron chi connectivity index (χ1n) is 6.33. The van der Waals surface area contributed by atoms with Crippen LogP contribution in [0.15, 0.2) is 51.7 Å². The summed E-state index contributed by atoms with van der Waals surface area (Å²) >= 11 is 6.57. The zero-order valence-electron chi connectivity index (χ0n) is 11.4. The zero-order valence-corrected chi connectivity index (χ0v) is 14.6. The third-order valence-corrected chi connectivity index (χ3v) is 3.58. The molecule has 0 fully saturated rings. The number of esters is 1. The van der Waals surface area contributed by atoms with E-state index in [4.69, 9.17) is 4.74 Å². The fourth-order valence-electron chi connectivity index (χ4n) is 1.64. The van der Waals surface area contributed by atoms with E-state index in [0.717, 1.165) is 10.0 Å². The maximum absolute atomic E-state index is 11.8. The first-order chi connectivity index (χ1) is 10.5. The summed E-state index contributed by atoms with van der Waals surface area (Å²) in [6.45, 7) is 0.0353. The Morgan fingerprint density at radius 2 is 1.95 bits per heavy atom. The SMILES string of the molecule is O=C(COC(=O)c1cncc(Br)c1)NCc1cccc(Br)c1. The van der Waals surface area contributed by atoms with E-state index in [1.54, 1.807) is 12.3 Å². The molecule has 0 aliphatic heterocycles. The Morgan fingerprint density at radius 3 is 2.68 bits per heavy atom. The normalized spacial score (nSPS) is 10.1. The minimum absolute atomic E-state index is 0.286. The summed E-state index contributed by atoms with van der Waals surface area (Å²) in [5, 5.41) is 2.68. The molecule has 0 saturated carbocycles. The van der Waals surface area contributed by atoms with Gasteiger partial charge in [0.25, 0.3) is 5.91 Å². The van der Waals surface area contributed by atoms with Gasteiger partial charge in [-0.1, -0.05) is 28.1 Å². The summed E-state index contributed by atoms with van der Waals surface area (Å²) in [7, 11) is 0. The lowest BCUT2D eigenvalue weighted by molar-refractivity contribution is -0.124. The van der Waals surface area contributed by atoms with Gasteiger partial charge in [0.1, 0.15) is 0 Å². The molecule has 1 aromatic carbocycles. The highest BCUT2D eigenvalue weighted by molar-refractivity contribution is 9.10. The molecule has 1 heterocycles. The summed E-state index contributed by atoms with van der Waals surface area (Å²) in [6, 6.07) is 9.16. The van der Waals surface area contributed by atoms with Gasteiger partial charge in [0.05, 0.1) is 5.56 Å². The Balaban J connectivity index is 1.79. The Morgan fingerprint density at radius 1 is 1.14 bits per heavy atom. The van der Waals surface area contributed by atoms with Crippen molar-refractivity contribution in [1.29, 1.82) is 0 Å². The van der Waals surface area contributed by atoms with Crippen molar-refractivity contribution >= 4 is 43.7 Å². The molecule has 2 rings (SSSR count). The van der Waals surface area contributed by atoms with Crippen molar-refractivity contribution < 1.29 is 14.3 Å². The molecule has 0 bridgehead atoms. The molecule has 7 heteroatoms. The van der Waals surface area contributed by atoms with Gasteiger partial charge in [0, 0.05) is 27.9 Å². The van der Waals surface area contributed by atoms with Gasteiger partial charge in [-0.25, -0.2) is 4.79 Å². The lowest BCUT2D eigenvalue weighted by Crippen LogP contribution is -2.28. The third kappa shape index (κ3) is 5.23. The first-order valence-corrected chi connectivity index (χ1v) is 7.92. The minimum Gasteiger partial charge on any atom is -0.452 e. The molecule has 0 aliphatic carbocycles. The van der Waals surface area contributed by atoms with Gasteiger partial charge in [-0.15, -0.1) is 0 Å². The highest BCUT2D eigenvalue weighted by atomic mass is 79.9. The number of benzene rings is 1. The Kier molecular flexibility index (Phi) is 6.09. The Labute approximate surface area is 144 Å². The average Bonchev–Trinajstić information content (AvgIpc) is 2.50. The molecule has 114 valence electrons. The van der Waals surface area contributed by atoms with E-state index in [9.17, 15) is 9.59 Å². The van der Waals surface area contributed by atoms with Crippen molar-refractivity contribution in [2.75, 3.05) is 6.61 Å². The fourth-order valence-corrected chi connectivity index (χ4v) is 2.45. The predicted octanol–water partition coefficient (Wildman–Crippen LogP) is 3.08. The molecule has 1 aromatic heterocycles. The predicted molar refractivity (Wildman–Crippen MR) is 88.2 cm³/mol. The molecule has 0 radical (unpaired) electrons. The van der Waals surface area contributed by atoms with Crippen molar-refractivity contribution in [3.8, 4) is 0 Å². The molecule has 0 aliphatic rings. The van der Waals surface area contributed by atoms with Crippen LogP contribution in [0, 0.1) is 0 Å². The van der Waals surface area contributed by atoms with Crippen LogP contribution in [-0.4, -0.2) is 23.5 Å². The van der Waals surface area contributed by atoms with Crippen LogP contribution in [0.3, 0.4) is 0 Å². The molecular formula is C15H12Br2N2O3. The van der Waals surface area contributed by atoms with E-state index in [2.05, 4.69) is 42.2 Å². The van der Waals surface area contributed by atoms with Gasteiger partial charge < -0.3 is 10.1 Å². The van der Waals surface area contributed by atoms with E-state index in [0.29, 0.717) is 11.0 Å². The number of nitrogens with zero attached hydrogens (tertiary/aromatic N) is 1. The monoisotopic (exact) mass is 426 g/mol. The minimum atomic E-state index is -0.591. The average molecular weight is 428 g/mol. The van der Waals surface area contributed by atoms with Crippen LogP contribution in [0.2, 0.25) is 0 Å². The summed E-state index contributed by atoms with van der Waals surface area (Å²) in [4.78, 5) is 27.3. The standard InChI is InChI=1S/C15H12Br2N2O3/c16-12-3-1-2-10(4-12)6-19-14(20)9-22-15(21)11-5-13(17)8-18-7-11/h1-5,7-8H,6,9H2,(H,19,20). The van der Waals surface area contributed by atoms with Crippen molar-refractivity contribution in [2.24, 2.45) is 0 Å². The summed E-state index contributed by atoms with van der Waals surface area (Å²) in [5.41, 5.74) is 1.24. The second-order valence-corrected chi connectivity index (χ2v) is 6.21. The molecule has 0 unspecified atom stereocenters. The number of amides is 1. The van der Waals surface area contributed by atoms with Crippen LogP contribution in [-0.2, 0) is 16.1 Å². The number of rotatable bonds is 5. The van der Waals surface area contributed by atoms with Crippen molar-refractivity contribution in [1.82, 2.24) is 10.3 Å². The maximum Gasteiger partial charge on any atom is 0.340 e. The van der Waals surface area contributed by atoms with Crippen LogP contribution < -0.4 is 5.32 Å². The van der Waals surface area contributed by atoms with Gasteiger partial charge in [-0.3, -0.25) is 9.78 Å². The number of aromatic nitrogens is 1. The number of pyridine rings is 1. The number of nitrogens with one attached hydrogen (secondary N) is 1. The van der Waals surface area contributed by atoms with Gasteiger partial charge in [0.2, 0.25) is 0 Å². The Bertz CT molecular complexity index is 692. The van der Waals surface area contributed by atoms with Gasteiger partial charge in [0.15, 0.2) is 6.61 Å². The smallest absolute Gasteiger partial charge is 0.340 e. The maximum atomic E-state index is 11.8. The number of hydrogen-bond acceptors (Lipinski definition) is 4. The number of carbonyl (C=O) groups excluding carboxylic acids is 2. The largest absolute Gasteiger partial charge is 0.452 e. The van der Waals surface area contributed by atoms with E-state index in [1.165, 1.54) is 6.20 Å². The Hall–Kier alpha value is -1.73. The van der Waals surface area contributed by atoms with Crippen molar-refractivity contribution in [2.45, 2.75) is 6.54 Å². The number of halogens is 2. The van der Waals surface area contributed by atoms with Crippen LogP contribution in [0.1, 0.15) is 15.9 Å². The molecule has 1 N–H and O–H groups in total. The van der Waals surface area contributed by atoms with E-state index in [1.807, 2.05) is 24.3 Å². The van der Waals surface area contributed by atoms with Crippen LogP contribution in [0.4, 0.5) is 0 Å². The highest BCUT2D eigenvalue weighted by Gasteiger charge is 2.10.